The van der Waals surface area contributed by atoms with E-state index < -0.39 is 6.17 Å². The summed E-state index contributed by atoms with van der Waals surface area (Å²) < 4.78 is 18.8. The van der Waals surface area contributed by atoms with Gasteiger partial charge in [-0.1, -0.05) is 18.2 Å². The van der Waals surface area contributed by atoms with Gasteiger partial charge in [-0.2, -0.15) is 0 Å². The molecule has 0 saturated heterocycles. The van der Waals surface area contributed by atoms with Crippen LogP contribution in [0, 0.1) is 0 Å². The third-order valence-corrected chi connectivity index (χ3v) is 3.95. The van der Waals surface area contributed by atoms with Crippen LogP contribution in [0.3, 0.4) is 0 Å². The van der Waals surface area contributed by atoms with Crippen molar-refractivity contribution in [3.63, 3.8) is 0 Å². The number of fused-ring (bicyclic) bond motifs is 1. The summed E-state index contributed by atoms with van der Waals surface area (Å²) in [6.07, 6.45) is 1.21. The molecule has 4 heteroatoms. The number of esters is 1. The Balaban J connectivity index is 1.83. The second kappa shape index (κ2) is 6.66. The zero-order valence-corrected chi connectivity index (χ0v) is 11.7. The quantitative estimate of drug-likeness (QED) is 0.571. The number of hydrogen-bond donors (Lipinski definition) is 0. The molecule has 0 radical (unpaired) electrons. The van der Waals surface area contributed by atoms with Gasteiger partial charge in [0.15, 0.2) is 0 Å². The lowest BCUT2D eigenvalue weighted by Gasteiger charge is -2.03. The molecule has 0 fully saturated rings. The van der Waals surface area contributed by atoms with Crippen LogP contribution in [0.4, 0.5) is 4.39 Å². The van der Waals surface area contributed by atoms with Crippen LogP contribution in [0.25, 0.3) is 10.1 Å². The minimum absolute atomic E-state index is 0.283. The molecule has 1 unspecified atom stereocenters. The van der Waals surface area contributed by atoms with Gasteiger partial charge in [0.1, 0.15) is 4.88 Å². The van der Waals surface area contributed by atoms with Crippen LogP contribution in [-0.2, 0) is 4.74 Å². The Hall–Kier alpha value is -1.42. The molecule has 0 aliphatic carbocycles. The Labute approximate surface area is 116 Å². The Morgan fingerprint density at radius 3 is 2.89 bits per heavy atom. The van der Waals surface area contributed by atoms with E-state index in [9.17, 15) is 9.18 Å². The van der Waals surface area contributed by atoms with Crippen molar-refractivity contribution in [3.8, 4) is 0 Å². The summed E-state index contributed by atoms with van der Waals surface area (Å²) in [5, 5.41) is 1.06. The van der Waals surface area contributed by atoms with Crippen molar-refractivity contribution in [2.75, 3.05) is 6.61 Å². The smallest absolute Gasteiger partial charge is 0.348 e. The molecule has 1 atom stereocenters. The number of halogens is 1. The van der Waals surface area contributed by atoms with Gasteiger partial charge in [0.05, 0.1) is 12.8 Å². The Kier molecular flexibility index (Phi) is 4.91. The van der Waals surface area contributed by atoms with Crippen molar-refractivity contribution < 1.29 is 13.9 Å². The molecular weight excluding hydrogens is 263 g/mol. The van der Waals surface area contributed by atoms with Crippen LogP contribution in [0.15, 0.2) is 30.3 Å². The number of unbranched alkanes of at least 4 members (excludes halogenated alkanes) is 1. The Bertz CT molecular complexity index is 515. The fraction of sp³-hybridized carbons (Fsp3) is 0.400. The number of rotatable bonds is 6. The molecule has 19 heavy (non-hydrogen) atoms. The van der Waals surface area contributed by atoms with E-state index in [1.54, 1.807) is 6.92 Å². The maximum absolute atomic E-state index is 12.6. The zero-order valence-electron chi connectivity index (χ0n) is 10.9. The largest absolute Gasteiger partial charge is 0.462 e. The van der Waals surface area contributed by atoms with Crippen LogP contribution < -0.4 is 0 Å². The molecule has 0 aliphatic rings. The first-order valence-corrected chi connectivity index (χ1v) is 7.28. The van der Waals surface area contributed by atoms with Crippen LogP contribution in [0.5, 0.6) is 0 Å². The van der Waals surface area contributed by atoms with Gasteiger partial charge >= 0.3 is 5.97 Å². The SMILES string of the molecule is CC(F)CCCCOC(=O)c1cc2ccccc2s1. The van der Waals surface area contributed by atoms with E-state index in [2.05, 4.69) is 0 Å². The summed E-state index contributed by atoms with van der Waals surface area (Å²) in [5.41, 5.74) is 0. The molecule has 1 aromatic heterocycles. The topological polar surface area (TPSA) is 26.3 Å². The minimum atomic E-state index is -0.779. The van der Waals surface area contributed by atoms with E-state index in [1.807, 2.05) is 30.3 Å². The number of carbonyl (C=O) groups is 1. The fourth-order valence-electron chi connectivity index (χ4n) is 1.85. The highest BCUT2D eigenvalue weighted by molar-refractivity contribution is 7.20. The van der Waals surface area contributed by atoms with Gasteiger partial charge in [-0.3, -0.25) is 0 Å². The number of thiophene rings is 1. The predicted molar refractivity (Wildman–Crippen MR) is 76.5 cm³/mol. The van der Waals surface area contributed by atoms with Gasteiger partial charge in [-0.05, 0) is 43.7 Å². The van der Waals surface area contributed by atoms with Crippen molar-refractivity contribution in [3.05, 3.63) is 35.2 Å². The Morgan fingerprint density at radius 1 is 1.37 bits per heavy atom. The summed E-state index contributed by atoms with van der Waals surface area (Å²) in [6, 6.07) is 9.71. The zero-order chi connectivity index (χ0) is 13.7. The molecule has 0 bridgehead atoms. The summed E-state index contributed by atoms with van der Waals surface area (Å²) in [5.74, 6) is -0.283. The highest BCUT2D eigenvalue weighted by Gasteiger charge is 2.11. The maximum Gasteiger partial charge on any atom is 0.348 e. The lowest BCUT2D eigenvalue weighted by Crippen LogP contribution is -2.05. The molecule has 2 nitrogen and oxygen atoms in total. The van der Waals surface area contributed by atoms with Crippen molar-refractivity contribution in [2.24, 2.45) is 0 Å². The van der Waals surface area contributed by atoms with Gasteiger partial charge in [-0.15, -0.1) is 11.3 Å². The Morgan fingerprint density at radius 2 is 2.16 bits per heavy atom. The van der Waals surface area contributed by atoms with Crippen molar-refractivity contribution in [1.29, 1.82) is 0 Å². The van der Waals surface area contributed by atoms with Gasteiger partial charge in [0.25, 0.3) is 0 Å². The number of benzene rings is 1. The summed E-state index contributed by atoms with van der Waals surface area (Å²) >= 11 is 1.44. The molecule has 0 amide bonds. The molecule has 0 saturated carbocycles. The van der Waals surface area contributed by atoms with E-state index in [4.69, 9.17) is 4.74 Å². The molecule has 102 valence electrons. The number of hydrogen-bond acceptors (Lipinski definition) is 3. The van der Waals surface area contributed by atoms with E-state index in [1.165, 1.54) is 11.3 Å². The van der Waals surface area contributed by atoms with Gasteiger partial charge < -0.3 is 4.74 Å². The van der Waals surface area contributed by atoms with E-state index in [0.29, 0.717) is 24.3 Å². The van der Waals surface area contributed by atoms with E-state index >= 15 is 0 Å². The second-order valence-electron chi connectivity index (χ2n) is 4.56. The first-order chi connectivity index (χ1) is 9.16. The molecule has 0 spiro atoms. The number of carbonyl (C=O) groups excluding carboxylic acids is 1. The molecule has 2 rings (SSSR count). The minimum Gasteiger partial charge on any atom is -0.462 e. The first-order valence-electron chi connectivity index (χ1n) is 6.46. The second-order valence-corrected chi connectivity index (χ2v) is 5.64. The van der Waals surface area contributed by atoms with Gasteiger partial charge in [0, 0.05) is 4.70 Å². The van der Waals surface area contributed by atoms with Crippen LogP contribution in [0.2, 0.25) is 0 Å². The van der Waals surface area contributed by atoms with Crippen molar-refractivity contribution >= 4 is 27.4 Å². The average Bonchev–Trinajstić information content (AvgIpc) is 2.81. The van der Waals surface area contributed by atoms with Crippen LogP contribution >= 0.6 is 11.3 Å². The molecule has 0 N–H and O–H groups in total. The lowest BCUT2D eigenvalue weighted by atomic mass is 10.2. The highest BCUT2D eigenvalue weighted by Crippen LogP contribution is 2.25. The predicted octanol–water partition coefficient (Wildman–Crippen LogP) is 4.59. The van der Waals surface area contributed by atoms with Crippen molar-refractivity contribution in [2.45, 2.75) is 32.4 Å². The number of alkyl halides is 1. The average molecular weight is 280 g/mol. The number of ether oxygens (including phenoxy) is 1. The fourth-order valence-corrected chi connectivity index (χ4v) is 2.80. The molecule has 1 aromatic carbocycles. The summed E-state index contributed by atoms with van der Waals surface area (Å²) in [6.45, 7) is 1.91. The standard InChI is InChI=1S/C15H17FO2S/c1-11(16)6-4-5-9-18-15(17)14-10-12-7-2-3-8-13(12)19-14/h2-3,7-8,10-11H,4-6,9H2,1H3. The van der Waals surface area contributed by atoms with E-state index in [-0.39, 0.29) is 5.97 Å². The summed E-state index contributed by atoms with van der Waals surface area (Å²) in [7, 11) is 0. The van der Waals surface area contributed by atoms with Crippen LogP contribution in [-0.4, -0.2) is 18.7 Å². The van der Waals surface area contributed by atoms with Gasteiger partial charge in [0.2, 0.25) is 0 Å². The highest BCUT2D eigenvalue weighted by atomic mass is 32.1. The lowest BCUT2D eigenvalue weighted by molar-refractivity contribution is 0.0502. The van der Waals surface area contributed by atoms with Crippen molar-refractivity contribution in [1.82, 2.24) is 0 Å². The third-order valence-electron chi connectivity index (χ3n) is 2.86. The van der Waals surface area contributed by atoms with Crippen LogP contribution in [0.1, 0.15) is 35.9 Å². The molecular formula is C15H17FO2S. The normalized spacial score (nSPS) is 12.5. The third kappa shape index (κ3) is 4.03. The van der Waals surface area contributed by atoms with E-state index in [0.717, 1.165) is 16.5 Å². The van der Waals surface area contributed by atoms with Gasteiger partial charge in [-0.25, -0.2) is 9.18 Å². The molecule has 0 aliphatic heterocycles. The maximum atomic E-state index is 12.6. The summed E-state index contributed by atoms with van der Waals surface area (Å²) in [4.78, 5) is 12.5. The first kappa shape index (κ1) is 14.0. The monoisotopic (exact) mass is 280 g/mol. The molecule has 2 aromatic rings. The molecule has 1 heterocycles.